The Labute approximate surface area is 140 Å². The van der Waals surface area contributed by atoms with Crippen molar-refractivity contribution in [2.45, 2.75) is 37.8 Å². The van der Waals surface area contributed by atoms with E-state index in [0.29, 0.717) is 16.5 Å². The number of nitrogens with zero attached hydrogens (tertiary/aromatic N) is 2. The summed E-state index contributed by atoms with van der Waals surface area (Å²) < 4.78 is 5.80. The number of aromatic nitrogens is 2. The third-order valence-corrected chi connectivity index (χ3v) is 4.28. The van der Waals surface area contributed by atoms with E-state index in [1.165, 1.54) is 0 Å². The molecular formula is C17H18ClN3O2. The van der Waals surface area contributed by atoms with Gasteiger partial charge in [-0.3, -0.25) is 9.78 Å². The molecule has 1 aliphatic carbocycles. The van der Waals surface area contributed by atoms with Crippen LogP contribution in [0.15, 0.2) is 42.9 Å². The van der Waals surface area contributed by atoms with Gasteiger partial charge in [-0.1, -0.05) is 23.7 Å². The van der Waals surface area contributed by atoms with E-state index in [9.17, 15) is 4.79 Å². The fourth-order valence-corrected chi connectivity index (χ4v) is 2.97. The number of rotatable bonds is 4. The average molecular weight is 332 g/mol. The van der Waals surface area contributed by atoms with Crippen LogP contribution in [0.1, 0.15) is 36.0 Å². The van der Waals surface area contributed by atoms with Gasteiger partial charge in [-0.05, 0) is 37.8 Å². The molecule has 1 aromatic heterocycles. The van der Waals surface area contributed by atoms with Crippen molar-refractivity contribution >= 4 is 17.5 Å². The summed E-state index contributed by atoms with van der Waals surface area (Å²) in [5.74, 6) is 0.435. The maximum Gasteiger partial charge on any atom is 0.253 e. The molecule has 0 radical (unpaired) electrons. The topological polar surface area (TPSA) is 64.1 Å². The van der Waals surface area contributed by atoms with Crippen molar-refractivity contribution in [2.24, 2.45) is 0 Å². The minimum absolute atomic E-state index is 0.117. The Morgan fingerprint density at radius 2 is 1.96 bits per heavy atom. The van der Waals surface area contributed by atoms with Gasteiger partial charge in [0.1, 0.15) is 6.10 Å². The monoisotopic (exact) mass is 331 g/mol. The number of benzene rings is 1. The molecule has 6 heteroatoms. The number of amides is 1. The molecule has 0 unspecified atom stereocenters. The van der Waals surface area contributed by atoms with E-state index in [-0.39, 0.29) is 18.1 Å². The molecule has 0 spiro atoms. The minimum Gasteiger partial charge on any atom is -0.473 e. The Bertz CT molecular complexity index is 658. The molecular weight excluding hydrogens is 314 g/mol. The van der Waals surface area contributed by atoms with E-state index in [2.05, 4.69) is 15.3 Å². The Balaban J connectivity index is 1.49. The minimum atomic E-state index is -0.117. The molecule has 1 aliphatic rings. The Morgan fingerprint density at radius 1 is 1.17 bits per heavy atom. The van der Waals surface area contributed by atoms with Crippen molar-refractivity contribution in [3.05, 3.63) is 53.4 Å². The summed E-state index contributed by atoms with van der Waals surface area (Å²) in [6, 6.07) is 7.24. The fourth-order valence-electron chi connectivity index (χ4n) is 2.75. The Morgan fingerprint density at radius 3 is 2.65 bits per heavy atom. The predicted molar refractivity (Wildman–Crippen MR) is 87.6 cm³/mol. The summed E-state index contributed by atoms with van der Waals surface area (Å²) in [4.78, 5) is 20.4. The van der Waals surface area contributed by atoms with Gasteiger partial charge in [0.25, 0.3) is 5.91 Å². The van der Waals surface area contributed by atoms with Gasteiger partial charge in [0.05, 0.1) is 16.8 Å². The highest BCUT2D eigenvalue weighted by atomic mass is 35.5. The van der Waals surface area contributed by atoms with Gasteiger partial charge >= 0.3 is 0 Å². The standard InChI is InChI=1S/C17H18ClN3O2/c18-15-4-2-1-3-14(15)17(22)21-12-5-7-13(8-6-12)23-16-11-19-9-10-20-16/h1-4,9-13H,5-8H2,(H,21,22). The van der Waals surface area contributed by atoms with Crippen LogP contribution in [0.2, 0.25) is 5.02 Å². The molecule has 2 aromatic rings. The number of nitrogens with one attached hydrogen (secondary N) is 1. The smallest absolute Gasteiger partial charge is 0.253 e. The summed E-state index contributed by atoms with van der Waals surface area (Å²) in [5, 5.41) is 3.53. The van der Waals surface area contributed by atoms with Crippen LogP contribution in [0.5, 0.6) is 5.88 Å². The third kappa shape index (κ3) is 4.20. The van der Waals surface area contributed by atoms with Crippen LogP contribution in [0, 0.1) is 0 Å². The molecule has 1 N–H and O–H groups in total. The van der Waals surface area contributed by atoms with Crippen LogP contribution in [0.3, 0.4) is 0 Å². The van der Waals surface area contributed by atoms with E-state index in [1.807, 2.05) is 12.1 Å². The molecule has 1 heterocycles. The van der Waals surface area contributed by atoms with Crippen molar-refractivity contribution in [1.82, 2.24) is 15.3 Å². The summed E-state index contributed by atoms with van der Waals surface area (Å²) in [5.41, 5.74) is 0.520. The molecule has 23 heavy (non-hydrogen) atoms. The van der Waals surface area contributed by atoms with Crippen molar-refractivity contribution in [3.63, 3.8) is 0 Å². The van der Waals surface area contributed by atoms with Crippen LogP contribution in [-0.4, -0.2) is 28.0 Å². The average Bonchev–Trinajstić information content (AvgIpc) is 2.58. The maximum absolute atomic E-state index is 12.3. The van der Waals surface area contributed by atoms with Gasteiger partial charge < -0.3 is 10.1 Å². The van der Waals surface area contributed by atoms with E-state index in [0.717, 1.165) is 25.7 Å². The lowest BCUT2D eigenvalue weighted by molar-refractivity contribution is 0.0890. The van der Waals surface area contributed by atoms with E-state index in [1.54, 1.807) is 30.7 Å². The van der Waals surface area contributed by atoms with E-state index in [4.69, 9.17) is 16.3 Å². The second-order valence-corrected chi connectivity index (χ2v) is 6.00. The number of ether oxygens (including phenoxy) is 1. The van der Waals surface area contributed by atoms with Crippen molar-refractivity contribution in [3.8, 4) is 5.88 Å². The van der Waals surface area contributed by atoms with Gasteiger partial charge in [-0.2, -0.15) is 0 Å². The Kier molecular flexibility index (Phi) is 5.08. The molecule has 1 amide bonds. The molecule has 5 nitrogen and oxygen atoms in total. The summed E-state index contributed by atoms with van der Waals surface area (Å²) in [6.07, 6.45) is 8.49. The van der Waals surface area contributed by atoms with Crippen LogP contribution in [0.25, 0.3) is 0 Å². The Hall–Kier alpha value is -2.14. The molecule has 1 aromatic carbocycles. The summed E-state index contributed by atoms with van der Waals surface area (Å²) in [6.45, 7) is 0. The van der Waals surface area contributed by atoms with Crippen LogP contribution < -0.4 is 10.1 Å². The quantitative estimate of drug-likeness (QED) is 0.934. The highest BCUT2D eigenvalue weighted by molar-refractivity contribution is 6.33. The zero-order valence-corrected chi connectivity index (χ0v) is 13.4. The molecule has 0 atom stereocenters. The van der Waals surface area contributed by atoms with Crippen molar-refractivity contribution < 1.29 is 9.53 Å². The number of halogens is 1. The normalized spacial score (nSPS) is 20.7. The molecule has 1 saturated carbocycles. The fraction of sp³-hybridized carbons (Fsp3) is 0.353. The van der Waals surface area contributed by atoms with Crippen LogP contribution in [0.4, 0.5) is 0 Å². The second-order valence-electron chi connectivity index (χ2n) is 5.59. The van der Waals surface area contributed by atoms with Gasteiger partial charge in [-0.15, -0.1) is 0 Å². The van der Waals surface area contributed by atoms with Crippen LogP contribution in [-0.2, 0) is 0 Å². The highest BCUT2D eigenvalue weighted by Gasteiger charge is 2.24. The molecule has 0 bridgehead atoms. The molecule has 1 fully saturated rings. The lowest BCUT2D eigenvalue weighted by Crippen LogP contribution is -2.39. The highest BCUT2D eigenvalue weighted by Crippen LogP contribution is 2.23. The molecule has 0 saturated heterocycles. The predicted octanol–water partition coefficient (Wildman–Crippen LogP) is 3.25. The first-order chi connectivity index (χ1) is 11.2. The lowest BCUT2D eigenvalue weighted by atomic mass is 9.92. The molecule has 3 rings (SSSR count). The van der Waals surface area contributed by atoms with Crippen molar-refractivity contribution in [2.75, 3.05) is 0 Å². The summed E-state index contributed by atoms with van der Waals surface area (Å²) in [7, 11) is 0. The third-order valence-electron chi connectivity index (χ3n) is 3.95. The second kappa shape index (κ2) is 7.42. The number of hydrogen-bond donors (Lipinski definition) is 1. The maximum atomic E-state index is 12.3. The molecule has 0 aliphatic heterocycles. The zero-order chi connectivity index (χ0) is 16.1. The lowest BCUT2D eigenvalue weighted by Gasteiger charge is -2.29. The van der Waals surface area contributed by atoms with E-state index < -0.39 is 0 Å². The summed E-state index contributed by atoms with van der Waals surface area (Å²) >= 11 is 6.06. The number of hydrogen-bond acceptors (Lipinski definition) is 4. The van der Waals surface area contributed by atoms with Gasteiger partial charge in [-0.25, -0.2) is 4.98 Å². The van der Waals surface area contributed by atoms with Crippen molar-refractivity contribution in [1.29, 1.82) is 0 Å². The largest absolute Gasteiger partial charge is 0.473 e. The van der Waals surface area contributed by atoms with Gasteiger partial charge in [0.15, 0.2) is 0 Å². The van der Waals surface area contributed by atoms with Gasteiger partial charge in [0, 0.05) is 18.4 Å². The first-order valence-corrected chi connectivity index (χ1v) is 8.08. The zero-order valence-electron chi connectivity index (χ0n) is 12.6. The van der Waals surface area contributed by atoms with Gasteiger partial charge in [0.2, 0.25) is 5.88 Å². The first-order valence-electron chi connectivity index (χ1n) is 7.70. The number of carbonyl (C=O) groups excluding carboxylic acids is 1. The number of carbonyl (C=O) groups is 1. The van der Waals surface area contributed by atoms with E-state index >= 15 is 0 Å². The first kappa shape index (κ1) is 15.7. The SMILES string of the molecule is O=C(NC1CCC(Oc2cnccn2)CC1)c1ccccc1Cl. The van der Waals surface area contributed by atoms with Crippen LogP contribution >= 0.6 is 11.6 Å². The molecule has 120 valence electrons.